The molecule has 0 spiro atoms. The van der Waals surface area contributed by atoms with Crippen LogP contribution in [-0.4, -0.2) is 32.4 Å². The third kappa shape index (κ3) is 6.67. The van der Waals surface area contributed by atoms with E-state index in [1.807, 2.05) is 36.4 Å². The Hall–Kier alpha value is -5.33. The first-order valence-corrected chi connectivity index (χ1v) is 16.1. The number of benzene rings is 5. The van der Waals surface area contributed by atoms with E-state index >= 15 is 4.57 Å². The molecule has 0 fully saturated rings. The molecule has 46 heavy (non-hydrogen) atoms. The predicted molar refractivity (Wildman–Crippen MR) is 176 cm³/mol. The van der Waals surface area contributed by atoms with Crippen molar-refractivity contribution in [3.05, 3.63) is 144 Å². The molecule has 5 rings (SSSR count). The van der Waals surface area contributed by atoms with E-state index in [0.29, 0.717) is 28.4 Å². The first kappa shape index (κ1) is 32.1. The molecule has 0 amide bonds. The Morgan fingerprint density at radius 2 is 0.957 bits per heavy atom. The molecule has 5 aromatic rings. The number of carbonyl (C=O) groups excluding carboxylic acids is 2. The molecule has 0 saturated heterocycles. The zero-order chi connectivity index (χ0) is 32.5. The van der Waals surface area contributed by atoms with E-state index < -0.39 is 18.2 Å². The monoisotopic (exact) mass is 636 g/mol. The lowest BCUT2D eigenvalue weighted by Crippen LogP contribution is -2.23. The van der Waals surface area contributed by atoms with Gasteiger partial charge in [-0.25, -0.2) is 0 Å². The van der Waals surface area contributed by atoms with Crippen LogP contribution in [0.25, 0.3) is 0 Å². The molecule has 1 atom stereocenters. The Morgan fingerprint density at radius 1 is 0.522 bits per heavy atom. The van der Waals surface area contributed by atoms with E-state index in [1.54, 1.807) is 60.7 Å². The molecule has 0 bridgehead atoms. The third-order valence-corrected chi connectivity index (χ3v) is 9.96. The van der Waals surface area contributed by atoms with Gasteiger partial charge in [-0.2, -0.15) is 0 Å². The lowest BCUT2D eigenvalue weighted by atomic mass is 10.0. The van der Waals surface area contributed by atoms with Gasteiger partial charge >= 0.3 is 0 Å². The first-order chi connectivity index (χ1) is 22.4. The van der Waals surface area contributed by atoms with Crippen LogP contribution in [0.15, 0.2) is 121 Å². The standard InChI is InChI=1S/C37H33O8P/c1-41-30-22-32(42-2)35(33(23-30)43-3)37(39)46(40,31-20-11-6-12-21-31)36(38)34-26(24-44-28-16-7-4-8-17-28)14-13-15-27(34)25-45-29-18-9-5-10-19-29/h4-23H,24-25H2,1-3H3. The van der Waals surface area contributed by atoms with Crippen LogP contribution in [0, 0.1) is 0 Å². The van der Waals surface area contributed by atoms with Crippen molar-refractivity contribution in [3.8, 4) is 28.7 Å². The Bertz CT molecular complexity index is 1770. The summed E-state index contributed by atoms with van der Waals surface area (Å²) in [5.74, 6) is 1.63. The average molecular weight is 637 g/mol. The molecule has 0 heterocycles. The van der Waals surface area contributed by atoms with E-state index in [2.05, 4.69) is 0 Å². The summed E-state index contributed by atoms with van der Waals surface area (Å²) in [6.07, 6.45) is 0. The third-order valence-electron chi connectivity index (χ3n) is 7.35. The van der Waals surface area contributed by atoms with Crippen LogP contribution in [-0.2, 0) is 17.8 Å². The highest BCUT2D eigenvalue weighted by molar-refractivity contribution is 8.01. The second-order valence-electron chi connectivity index (χ2n) is 10.1. The minimum atomic E-state index is -4.64. The van der Waals surface area contributed by atoms with Crippen LogP contribution in [0.5, 0.6) is 28.7 Å². The molecular weight excluding hydrogens is 603 g/mol. The maximum atomic E-state index is 15.4. The molecule has 1 unspecified atom stereocenters. The van der Waals surface area contributed by atoms with E-state index in [9.17, 15) is 9.59 Å². The van der Waals surface area contributed by atoms with Crippen LogP contribution in [0.1, 0.15) is 31.8 Å². The van der Waals surface area contributed by atoms with E-state index in [0.717, 1.165) is 0 Å². The molecule has 0 saturated carbocycles. The van der Waals surface area contributed by atoms with Gasteiger partial charge in [-0.05, 0) is 24.3 Å². The van der Waals surface area contributed by atoms with Crippen molar-refractivity contribution < 1.29 is 37.8 Å². The molecule has 234 valence electrons. The largest absolute Gasteiger partial charge is 0.496 e. The number of carbonyl (C=O) groups is 2. The summed E-state index contributed by atoms with van der Waals surface area (Å²) in [6, 6.07) is 34.5. The van der Waals surface area contributed by atoms with Gasteiger partial charge in [0.25, 0.3) is 0 Å². The van der Waals surface area contributed by atoms with Crippen LogP contribution in [0.3, 0.4) is 0 Å². The van der Waals surface area contributed by atoms with Gasteiger partial charge in [0.15, 0.2) is 0 Å². The number of hydrogen-bond donors (Lipinski definition) is 0. The molecule has 9 heteroatoms. The lowest BCUT2D eigenvalue weighted by molar-refractivity contribution is 0.103. The molecule has 5 aromatic carbocycles. The fourth-order valence-electron chi connectivity index (χ4n) is 5.02. The van der Waals surface area contributed by atoms with Gasteiger partial charge in [0.2, 0.25) is 18.2 Å². The summed E-state index contributed by atoms with van der Waals surface area (Å²) in [7, 11) is -0.435. The highest BCUT2D eigenvalue weighted by atomic mass is 31.2. The Morgan fingerprint density at radius 3 is 1.39 bits per heavy atom. The van der Waals surface area contributed by atoms with Gasteiger partial charge in [0.05, 0.1) is 21.3 Å². The topological polar surface area (TPSA) is 97.4 Å². The van der Waals surface area contributed by atoms with Crippen molar-refractivity contribution in [3.63, 3.8) is 0 Å². The maximum absolute atomic E-state index is 15.4. The predicted octanol–water partition coefficient (Wildman–Crippen LogP) is 7.54. The Labute approximate surface area is 267 Å². The zero-order valence-corrected chi connectivity index (χ0v) is 26.6. The number of para-hydroxylation sites is 2. The number of ether oxygens (including phenoxy) is 5. The van der Waals surface area contributed by atoms with Crippen molar-refractivity contribution >= 4 is 23.5 Å². The van der Waals surface area contributed by atoms with Gasteiger partial charge in [0, 0.05) is 34.1 Å². The van der Waals surface area contributed by atoms with Gasteiger partial charge in [-0.3, -0.25) is 9.59 Å². The molecule has 0 aliphatic heterocycles. The number of rotatable bonds is 14. The smallest absolute Gasteiger partial charge is 0.249 e. The quantitative estimate of drug-likeness (QED) is 0.115. The van der Waals surface area contributed by atoms with Crippen molar-refractivity contribution in [1.29, 1.82) is 0 Å². The molecule has 8 nitrogen and oxygen atoms in total. The van der Waals surface area contributed by atoms with Crippen molar-refractivity contribution in [2.45, 2.75) is 13.2 Å². The fourth-order valence-corrected chi connectivity index (χ4v) is 7.40. The fraction of sp³-hybridized carbons (Fsp3) is 0.135. The maximum Gasteiger partial charge on any atom is 0.249 e. The lowest BCUT2D eigenvalue weighted by Gasteiger charge is -2.22. The summed E-state index contributed by atoms with van der Waals surface area (Å²) in [4.78, 5) is 29.6. The normalized spacial score (nSPS) is 12.0. The summed E-state index contributed by atoms with van der Waals surface area (Å²) in [5, 5.41) is 0.0682. The number of methoxy groups -OCH3 is 3. The molecule has 0 aliphatic carbocycles. The minimum Gasteiger partial charge on any atom is -0.496 e. The van der Waals surface area contributed by atoms with E-state index in [-0.39, 0.29) is 41.1 Å². The highest BCUT2D eigenvalue weighted by Gasteiger charge is 2.46. The molecular formula is C37H33O8P. The van der Waals surface area contributed by atoms with Gasteiger partial charge in [-0.15, -0.1) is 0 Å². The Balaban J connectivity index is 1.68. The van der Waals surface area contributed by atoms with E-state index in [4.69, 9.17) is 23.7 Å². The van der Waals surface area contributed by atoms with Gasteiger partial charge in [0.1, 0.15) is 47.5 Å². The average Bonchev–Trinajstić information content (AvgIpc) is 3.12. The zero-order valence-electron chi connectivity index (χ0n) is 25.7. The second kappa shape index (κ2) is 14.6. The summed E-state index contributed by atoms with van der Waals surface area (Å²) < 4.78 is 43.9. The SMILES string of the molecule is COc1cc(OC)c(C(=O)P(=O)(C(=O)c2c(COc3ccccc3)cccc2COc2ccccc2)c2ccccc2)c(OC)c1. The van der Waals surface area contributed by atoms with Gasteiger partial charge < -0.3 is 28.2 Å². The summed E-state index contributed by atoms with van der Waals surface area (Å²) >= 11 is 0. The van der Waals surface area contributed by atoms with Crippen molar-refractivity contribution in [2.24, 2.45) is 0 Å². The molecule has 0 radical (unpaired) electrons. The second-order valence-corrected chi connectivity index (χ2v) is 12.7. The molecule has 0 aromatic heterocycles. The summed E-state index contributed by atoms with van der Waals surface area (Å²) in [5.41, 5.74) is -0.953. The van der Waals surface area contributed by atoms with Crippen molar-refractivity contribution in [1.82, 2.24) is 0 Å². The highest BCUT2D eigenvalue weighted by Crippen LogP contribution is 2.55. The van der Waals surface area contributed by atoms with Crippen molar-refractivity contribution in [2.75, 3.05) is 21.3 Å². The number of hydrogen-bond acceptors (Lipinski definition) is 8. The minimum absolute atomic E-state index is 0.0254. The van der Waals surface area contributed by atoms with E-state index in [1.165, 1.54) is 45.6 Å². The Kier molecular flexibility index (Phi) is 10.2. The molecule has 0 aliphatic rings. The van der Waals surface area contributed by atoms with Crippen LogP contribution in [0.4, 0.5) is 0 Å². The van der Waals surface area contributed by atoms with Crippen LogP contribution < -0.4 is 29.0 Å². The first-order valence-electron chi connectivity index (χ1n) is 14.4. The van der Waals surface area contributed by atoms with Gasteiger partial charge in [-0.1, -0.05) is 84.9 Å². The molecule has 0 N–H and O–H groups in total. The van der Waals surface area contributed by atoms with Crippen LogP contribution >= 0.6 is 7.14 Å². The summed E-state index contributed by atoms with van der Waals surface area (Å²) in [6.45, 7) is -0.0508. The van der Waals surface area contributed by atoms with Crippen LogP contribution in [0.2, 0.25) is 0 Å².